The Morgan fingerprint density at radius 1 is 0.824 bits per heavy atom. The average molecular weight is 485 g/mol. The van der Waals surface area contributed by atoms with Gasteiger partial charge in [0, 0.05) is 44.7 Å². The molecule has 0 saturated carbocycles. The number of amides is 1. The number of rotatable bonds is 4. The first-order valence-electron chi connectivity index (χ1n) is 13.0. The van der Waals surface area contributed by atoms with Crippen LogP contribution in [0, 0.1) is 5.92 Å². The monoisotopic (exact) mass is 484 g/mol. The van der Waals surface area contributed by atoms with Gasteiger partial charge in [-0.15, -0.1) is 0 Å². The molecule has 0 N–H and O–H groups in total. The first-order chi connectivity index (χ1) is 16.5. The normalized spacial score (nSPS) is 23.1. The molecule has 3 fully saturated rings. The highest BCUT2D eigenvalue weighted by Gasteiger charge is 2.30. The van der Waals surface area contributed by atoms with Crippen molar-refractivity contribution >= 4 is 32.7 Å². The molecular formula is C26H36N4O3S. The molecule has 7 nitrogen and oxygen atoms in total. The summed E-state index contributed by atoms with van der Waals surface area (Å²) in [6.45, 7) is 4.59. The van der Waals surface area contributed by atoms with Crippen molar-refractivity contribution in [1.29, 1.82) is 0 Å². The fraction of sp³-hybridized carbons (Fsp3) is 0.615. The summed E-state index contributed by atoms with van der Waals surface area (Å²) < 4.78 is 27.7. The lowest BCUT2D eigenvalue weighted by molar-refractivity contribution is -0.135. The molecule has 0 radical (unpaired) electrons. The van der Waals surface area contributed by atoms with Crippen molar-refractivity contribution in [3.8, 4) is 0 Å². The largest absolute Gasteiger partial charge is 0.356 e. The highest BCUT2D eigenvalue weighted by atomic mass is 32.2. The third-order valence-corrected chi connectivity index (χ3v) is 9.51. The second kappa shape index (κ2) is 10.2. The smallest absolute Gasteiger partial charge is 0.243 e. The van der Waals surface area contributed by atoms with Gasteiger partial charge in [0.2, 0.25) is 15.9 Å². The van der Waals surface area contributed by atoms with Gasteiger partial charge in [-0.1, -0.05) is 19.3 Å². The highest BCUT2D eigenvalue weighted by Crippen LogP contribution is 2.28. The summed E-state index contributed by atoms with van der Waals surface area (Å²) in [5.41, 5.74) is 0.788. The second-order valence-corrected chi connectivity index (χ2v) is 12.0. The molecule has 1 aromatic carbocycles. The van der Waals surface area contributed by atoms with Gasteiger partial charge in [0.15, 0.2) is 0 Å². The van der Waals surface area contributed by atoms with Crippen LogP contribution in [0.3, 0.4) is 0 Å². The summed E-state index contributed by atoms with van der Waals surface area (Å²) in [5.74, 6) is 1.20. The van der Waals surface area contributed by atoms with Crippen LogP contribution in [-0.4, -0.2) is 67.8 Å². The number of carbonyl (C=O) groups excluding carboxylic acids is 1. The minimum atomic E-state index is -3.46. The molecular weight excluding hydrogens is 448 g/mol. The molecule has 184 valence electrons. The van der Waals surface area contributed by atoms with E-state index in [1.54, 1.807) is 16.4 Å². The van der Waals surface area contributed by atoms with Crippen molar-refractivity contribution in [2.24, 2.45) is 5.92 Å². The van der Waals surface area contributed by atoms with Crippen LogP contribution in [0.5, 0.6) is 0 Å². The number of hydrogen-bond donors (Lipinski definition) is 0. The molecule has 1 aromatic heterocycles. The van der Waals surface area contributed by atoms with Crippen LogP contribution in [0.4, 0.5) is 5.82 Å². The number of sulfonamides is 1. The molecule has 3 saturated heterocycles. The maximum Gasteiger partial charge on any atom is 0.243 e. The molecule has 0 spiro atoms. The van der Waals surface area contributed by atoms with Crippen LogP contribution in [0.25, 0.3) is 10.9 Å². The van der Waals surface area contributed by atoms with Gasteiger partial charge in [-0.2, -0.15) is 4.31 Å². The van der Waals surface area contributed by atoms with E-state index in [4.69, 9.17) is 4.98 Å². The molecule has 3 aliphatic rings. The van der Waals surface area contributed by atoms with E-state index in [0.29, 0.717) is 30.4 Å². The van der Waals surface area contributed by atoms with Crippen LogP contribution >= 0.6 is 0 Å². The van der Waals surface area contributed by atoms with E-state index >= 15 is 0 Å². The van der Waals surface area contributed by atoms with Gasteiger partial charge >= 0.3 is 0 Å². The van der Waals surface area contributed by atoms with E-state index < -0.39 is 10.0 Å². The summed E-state index contributed by atoms with van der Waals surface area (Å²) in [6.07, 6.45) is 9.55. The number of piperidine rings is 2. The van der Waals surface area contributed by atoms with E-state index in [-0.39, 0.29) is 5.92 Å². The summed E-state index contributed by atoms with van der Waals surface area (Å²) >= 11 is 0. The molecule has 4 heterocycles. The molecule has 0 aliphatic carbocycles. The van der Waals surface area contributed by atoms with Crippen LogP contribution in [0.15, 0.2) is 35.2 Å². The molecule has 1 atom stereocenters. The van der Waals surface area contributed by atoms with Gasteiger partial charge in [0.25, 0.3) is 0 Å². The molecule has 1 amide bonds. The Morgan fingerprint density at radius 3 is 2.29 bits per heavy atom. The molecule has 0 unspecified atom stereocenters. The van der Waals surface area contributed by atoms with Crippen LogP contribution in [0.1, 0.15) is 57.8 Å². The minimum absolute atomic E-state index is 0.0291. The second-order valence-electron chi connectivity index (χ2n) is 10.0. The van der Waals surface area contributed by atoms with Crippen molar-refractivity contribution in [3.63, 3.8) is 0 Å². The van der Waals surface area contributed by atoms with Crippen molar-refractivity contribution in [1.82, 2.24) is 14.2 Å². The number of nitrogens with zero attached hydrogens (tertiary/aromatic N) is 4. The fourth-order valence-electron chi connectivity index (χ4n) is 5.62. The van der Waals surface area contributed by atoms with E-state index in [9.17, 15) is 13.2 Å². The first-order valence-corrected chi connectivity index (χ1v) is 14.4. The Morgan fingerprint density at radius 2 is 1.53 bits per heavy atom. The Hall–Kier alpha value is -2.19. The number of likely N-dealkylation sites (tertiary alicyclic amines) is 1. The zero-order valence-corrected chi connectivity index (χ0v) is 20.8. The molecule has 0 bridgehead atoms. The van der Waals surface area contributed by atoms with Crippen LogP contribution in [-0.2, 0) is 14.8 Å². The predicted octanol–water partition coefficient (Wildman–Crippen LogP) is 4.03. The first kappa shape index (κ1) is 23.5. The number of aromatic nitrogens is 1. The molecule has 34 heavy (non-hydrogen) atoms. The van der Waals surface area contributed by atoms with Crippen molar-refractivity contribution in [3.05, 3.63) is 30.3 Å². The lowest BCUT2D eigenvalue weighted by Crippen LogP contribution is -2.45. The van der Waals surface area contributed by atoms with E-state index in [2.05, 4.69) is 9.80 Å². The third-order valence-electron chi connectivity index (χ3n) is 7.61. The zero-order valence-electron chi connectivity index (χ0n) is 20.0. The average Bonchev–Trinajstić information content (AvgIpc) is 3.18. The molecule has 5 rings (SSSR count). The lowest BCUT2D eigenvalue weighted by atomic mass is 9.96. The molecule has 3 aliphatic heterocycles. The van der Waals surface area contributed by atoms with Gasteiger partial charge in [-0.25, -0.2) is 13.4 Å². The van der Waals surface area contributed by atoms with Gasteiger partial charge in [-0.3, -0.25) is 4.79 Å². The predicted molar refractivity (Wildman–Crippen MR) is 134 cm³/mol. The highest BCUT2D eigenvalue weighted by molar-refractivity contribution is 7.89. The summed E-state index contributed by atoms with van der Waals surface area (Å²) in [6, 6.07) is 9.19. The summed E-state index contributed by atoms with van der Waals surface area (Å²) in [7, 11) is -3.46. The number of benzene rings is 1. The minimum Gasteiger partial charge on any atom is -0.356 e. The number of carbonyl (C=O) groups is 1. The maximum atomic E-state index is 13.2. The molecule has 2 aromatic rings. The quantitative estimate of drug-likeness (QED) is 0.655. The number of hydrogen-bond acceptors (Lipinski definition) is 5. The van der Waals surface area contributed by atoms with Gasteiger partial charge in [0.05, 0.1) is 16.3 Å². The summed E-state index contributed by atoms with van der Waals surface area (Å²) in [5, 5.41) is 0.830. The number of fused-ring (bicyclic) bond motifs is 1. The molecule has 8 heteroatoms. The SMILES string of the molecule is O=C([C@@H]1CCCN(c2ccc3cc(S(=O)(=O)N4CCCCC4)ccc3n2)C1)N1CCCCCC1. The van der Waals surface area contributed by atoms with Gasteiger partial charge < -0.3 is 9.80 Å². The Labute approximate surface area is 203 Å². The third kappa shape index (κ3) is 4.93. The van der Waals surface area contributed by atoms with Crippen LogP contribution < -0.4 is 4.90 Å². The number of pyridine rings is 1. The Kier molecular flexibility index (Phi) is 7.06. The van der Waals surface area contributed by atoms with E-state index in [0.717, 1.165) is 81.3 Å². The van der Waals surface area contributed by atoms with E-state index in [1.165, 1.54) is 12.8 Å². The van der Waals surface area contributed by atoms with E-state index in [1.807, 2.05) is 18.2 Å². The zero-order chi connectivity index (χ0) is 23.5. The Bertz CT molecular complexity index is 1120. The fourth-order valence-corrected chi connectivity index (χ4v) is 7.17. The lowest BCUT2D eigenvalue weighted by Gasteiger charge is -2.35. The number of anilines is 1. The topological polar surface area (TPSA) is 73.8 Å². The standard InChI is InChI=1S/C26H36N4O3S/c31-26(28-14-4-1-2-5-15-28)22-9-8-16-29(20-22)25-13-10-21-19-23(11-12-24(21)27-25)34(32,33)30-17-6-3-7-18-30/h10-13,19,22H,1-9,14-18,20H2/t22-/m1/s1. The van der Waals surface area contributed by atoms with Gasteiger partial charge in [-0.05, 0) is 68.9 Å². The maximum absolute atomic E-state index is 13.2. The van der Waals surface area contributed by atoms with Crippen molar-refractivity contribution in [2.45, 2.75) is 62.7 Å². The van der Waals surface area contributed by atoms with Crippen LogP contribution in [0.2, 0.25) is 0 Å². The van der Waals surface area contributed by atoms with Gasteiger partial charge in [0.1, 0.15) is 5.82 Å². The van der Waals surface area contributed by atoms with Crippen molar-refractivity contribution < 1.29 is 13.2 Å². The Balaban J connectivity index is 1.32. The van der Waals surface area contributed by atoms with Crippen molar-refractivity contribution in [2.75, 3.05) is 44.2 Å². The summed E-state index contributed by atoms with van der Waals surface area (Å²) in [4.78, 5) is 22.7.